The van der Waals surface area contributed by atoms with Crippen molar-refractivity contribution in [2.24, 2.45) is 11.8 Å². The van der Waals surface area contributed by atoms with E-state index in [0.29, 0.717) is 6.42 Å². The summed E-state index contributed by atoms with van der Waals surface area (Å²) in [5.41, 5.74) is 4.40. The number of rotatable bonds is 7. The zero-order chi connectivity index (χ0) is 24.5. The molecule has 0 spiro atoms. The molecular formula is C27H23FN2O5. The second-order valence-corrected chi connectivity index (χ2v) is 8.83. The molecule has 2 aliphatic carbocycles. The quantitative estimate of drug-likeness (QED) is 0.463. The fourth-order valence-corrected chi connectivity index (χ4v) is 4.68. The Hall–Kier alpha value is -4.20. The number of carbonyl (C=O) groups is 3. The van der Waals surface area contributed by atoms with Crippen molar-refractivity contribution in [2.75, 3.05) is 18.5 Å². The second-order valence-electron chi connectivity index (χ2n) is 8.83. The molecule has 0 aliphatic heterocycles. The standard InChI is InChI=1S/C27H23FN2O5/c28-17-9-15(26(32)33)10-18(12-17)30-25(31)23-11-16(23)13-29-27(34)35-14-24-21-7-3-1-5-19(21)20-6-2-4-8-22(20)24/h1-10,12,16,23-24H,11,13-14H2,(H,29,34)(H,30,31)(H,32,33)/t16-,23-/m1/s1. The summed E-state index contributed by atoms with van der Waals surface area (Å²) in [5.74, 6) is -2.81. The molecule has 0 saturated heterocycles. The molecule has 35 heavy (non-hydrogen) atoms. The Morgan fingerprint density at radius 1 is 0.971 bits per heavy atom. The Labute approximate surface area is 200 Å². The van der Waals surface area contributed by atoms with Crippen LogP contribution in [0.1, 0.15) is 33.8 Å². The average molecular weight is 474 g/mol. The van der Waals surface area contributed by atoms with E-state index in [4.69, 9.17) is 9.84 Å². The highest BCUT2D eigenvalue weighted by Crippen LogP contribution is 2.44. The summed E-state index contributed by atoms with van der Waals surface area (Å²) in [7, 11) is 0. The van der Waals surface area contributed by atoms with E-state index in [1.165, 1.54) is 6.07 Å². The van der Waals surface area contributed by atoms with Gasteiger partial charge in [-0.15, -0.1) is 0 Å². The first kappa shape index (κ1) is 22.6. The molecule has 7 nitrogen and oxygen atoms in total. The van der Waals surface area contributed by atoms with Gasteiger partial charge in [-0.05, 0) is 52.8 Å². The second kappa shape index (κ2) is 9.21. The summed E-state index contributed by atoms with van der Waals surface area (Å²) in [6.45, 7) is 0.484. The number of carbonyl (C=O) groups excluding carboxylic acids is 2. The summed E-state index contributed by atoms with van der Waals surface area (Å²) in [5, 5.41) is 14.3. The number of benzene rings is 3. The molecule has 3 aromatic rings. The molecule has 3 N–H and O–H groups in total. The minimum absolute atomic E-state index is 0.0328. The molecule has 5 rings (SSSR count). The van der Waals surface area contributed by atoms with Crippen molar-refractivity contribution in [2.45, 2.75) is 12.3 Å². The first-order valence-corrected chi connectivity index (χ1v) is 11.3. The number of amides is 2. The lowest BCUT2D eigenvalue weighted by molar-refractivity contribution is -0.117. The third-order valence-corrected chi connectivity index (χ3v) is 6.52. The molecule has 2 atom stereocenters. The van der Waals surface area contributed by atoms with E-state index in [-0.39, 0.29) is 48.1 Å². The van der Waals surface area contributed by atoms with Crippen LogP contribution >= 0.6 is 0 Å². The smallest absolute Gasteiger partial charge is 0.407 e. The van der Waals surface area contributed by atoms with E-state index >= 15 is 0 Å². The highest BCUT2D eigenvalue weighted by Gasteiger charge is 2.43. The predicted molar refractivity (Wildman–Crippen MR) is 127 cm³/mol. The maximum Gasteiger partial charge on any atom is 0.407 e. The maximum absolute atomic E-state index is 13.6. The molecule has 8 heteroatoms. The van der Waals surface area contributed by atoms with Gasteiger partial charge in [0.05, 0.1) is 5.56 Å². The van der Waals surface area contributed by atoms with E-state index in [9.17, 15) is 18.8 Å². The minimum atomic E-state index is -1.28. The highest BCUT2D eigenvalue weighted by molar-refractivity contribution is 5.96. The molecule has 0 aromatic heterocycles. The third kappa shape index (κ3) is 4.73. The van der Waals surface area contributed by atoms with E-state index in [0.717, 1.165) is 34.4 Å². The molecule has 1 fully saturated rings. The van der Waals surface area contributed by atoms with E-state index < -0.39 is 17.9 Å². The first-order valence-electron chi connectivity index (χ1n) is 11.3. The molecule has 178 valence electrons. The Balaban J connectivity index is 1.11. The molecule has 2 aliphatic rings. The number of halogens is 1. The van der Waals surface area contributed by atoms with Crippen LogP contribution in [-0.4, -0.2) is 36.2 Å². The van der Waals surface area contributed by atoms with Crippen LogP contribution in [0.2, 0.25) is 0 Å². The lowest BCUT2D eigenvalue weighted by atomic mass is 9.98. The molecule has 0 unspecified atom stereocenters. The maximum atomic E-state index is 13.6. The van der Waals surface area contributed by atoms with Crippen LogP contribution < -0.4 is 10.6 Å². The Morgan fingerprint density at radius 3 is 2.29 bits per heavy atom. The van der Waals surface area contributed by atoms with Crippen LogP contribution in [0, 0.1) is 17.7 Å². The van der Waals surface area contributed by atoms with Crippen molar-refractivity contribution >= 4 is 23.7 Å². The SMILES string of the molecule is O=C(NC[C@H]1C[C@H]1C(=O)Nc1cc(F)cc(C(=O)O)c1)OCC1c2ccccc2-c2ccccc21. The van der Waals surface area contributed by atoms with Crippen molar-refractivity contribution in [3.8, 4) is 11.1 Å². The zero-order valence-corrected chi connectivity index (χ0v) is 18.7. The monoisotopic (exact) mass is 474 g/mol. The number of hydrogen-bond donors (Lipinski definition) is 3. The van der Waals surface area contributed by atoms with Gasteiger partial charge in [-0.25, -0.2) is 14.0 Å². The van der Waals surface area contributed by atoms with Gasteiger partial charge in [-0.2, -0.15) is 0 Å². The summed E-state index contributed by atoms with van der Waals surface area (Å²) in [6, 6.07) is 19.3. The molecule has 0 radical (unpaired) electrons. The molecule has 3 aromatic carbocycles. The van der Waals surface area contributed by atoms with Gasteiger partial charge in [0, 0.05) is 24.1 Å². The fourth-order valence-electron chi connectivity index (χ4n) is 4.68. The van der Waals surface area contributed by atoms with Crippen LogP contribution in [0.25, 0.3) is 11.1 Å². The molecule has 0 bridgehead atoms. The summed E-state index contributed by atoms with van der Waals surface area (Å²) in [4.78, 5) is 35.8. The van der Waals surface area contributed by atoms with Crippen LogP contribution in [0.3, 0.4) is 0 Å². The topological polar surface area (TPSA) is 105 Å². The molecule has 1 saturated carbocycles. The van der Waals surface area contributed by atoms with E-state index in [1.54, 1.807) is 0 Å². The van der Waals surface area contributed by atoms with E-state index in [1.807, 2.05) is 36.4 Å². The van der Waals surface area contributed by atoms with Gasteiger partial charge in [0.2, 0.25) is 5.91 Å². The van der Waals surface area contributed by atoms with Crippen LogP contribution in [0.4, 0.5) is 14.9 Å². The van der Waals surface area contributed by atoms with Gasteiger partial charge < -0.3 is 20.5 Å². The summed E-state index contributed by atoms with van der Waals surface area (Å²) >= 11 is 0. The fraction of sp³-hybridized carbons (Fsp3) is 0.222. The van der Waals surface area contributed by atoms with E-state index in [2.05, 4.69) is 22.8 Å². The number of alkyl carbamates (subject to hydrolysis) is 1. The Morgan fingerprint density at radius 2 is 1.63 bits per heavy atom. The molecule has 0 heterocycles. The number of carboxylic acid groups (broad SMARTS) is 1. The van der Waals surface area contributed by atoms with Crippen LogP contribution in [-0.2, 0) is 9.53 Å². The first-order chi connectivity index (χ1) is 16.9. The number of ether oxygens (including phenoxy) is 1. The van der Waals surface area contributed by atoms with Crippen molar-refractivity contribution in [3.63, 3.8) is 0 Å². The van der Waals surface area contributed by atoms with Gasteiger partial charge in [0.1, 0.15) is 12.4 Å². The largest absolute Gasteiger partial charge is 0.478 e. The van der Waals surface area contributed by atoms with Gasteiger partial charge in [0.25, 0.3) is 0 Å². The van der Waals surface area contributed by atoms with Crippen LogP contribution in [0.15, 0.2) is 66.7 Å². The van der Waals surface area contributed by atoms with Gasteiger partial charge in [-0.3, -0.25) is 4.79 Å². The number of fused-ring (bicyclic) bond motifs is 3. The minimum Gasteiger partial charge on any atom is -0.478 e. The third-order valence-electron chi connectivity index (χ3n) is 6.52. The van der Waals surface area contributed by atoms with Crippen molar-refractivity contribution < 1.29 is 28.6 Å². The summed E-state index contributed by atoms with van der Waals surface area (Å²) in [6.07, 6.45) is 0.0190. The normalized spacial score (nSPS) is 17.7. The van der Waals surface area contributed by atoms with Crippen molar-refractivity contribution in [1.29, 1.82) is 0 Å². The van der Waals surface area contributed by atoms with Gasteiger partial charge >= 0.3 is 12.1 Å². The summed E-state index contributed by atoms with van der Waals surface area (Å²) < 4.78 is 19.1. The lowest BCUT2D eigenvalue weighted by Gasteiger charge is -2.14. The van der Waals surface area contributed by atoms with Crippen LogP contribution in [0.5, 0.6) is 0 Å². The Bertz CT molecular complexity index is 1280. The number of carboxylic acids is 1. The van der Waals surface area contributed by atoms with Crippen molar-refractivity contribution in [1.82, 2.24) is 5.32 Å². The Kier molecular flexibility index (Phi) is 5.94. The predicted octanol–water partition coefficient (Wildman–Crippen LogP) is 4.64. The number of anilines is 1. The zero-order valence-electron chi connectivity index (χ0n) is 18.7. The average Bonchev–Trinajstić information content (AvgIpc) is 3.56. The number of hydrogen-bond acceptors (Lipinski definition) is 4. The molecule has 2 amide bonds. The van der Waals surface area contributed by atoms with Gasteiger partial charge in [-0.1, -0.05) is 48.5 Å². The number of nitrogens with one attached hydrogen (secondary N) is 2. The highest BCUT2D eigenvalue weighted by atomic mass is 19.1. The van der Waals surface area contributed by atoms with Gasteiger partial charge in [0.15, 0.2) is 0 Å². The van der Waals surface area contributed by atoms with Crippen molar-refractivity contribution in [3.05, 3.63) is 89.2 Å². The lowest BCUT2D eigenvalue weighted by Crippen LogP contribution is -2.29. The molecular weight excluding hydrogens is 451 g/mol. The number of aromatic carboxylic acids is 1.